The molecule has 1 fully saturated rings. The standard InChI is InChI=1S/C24H31N5O2/c1-29-13-11-18(12-14-29)16-25-24(30)28-22(15-17-7-9-19(31-2)10-8-17)23-26-20-5-3-4-6-21(20)27-23/h3-10,18,22H,11-16H2,1-2H3,(H,26,27)(H2,25,28,30)/t22-/m1/s1. The Balaban J connectivity index is 1.45. The molecule has 0 bridgehead atoms. The summed E-state index contributed by atoms with van der Waals surface area (Å²) >= 11 is 0. The quantitative estimate of drug-likeness (QED) is 0.545. The number of ether oxygens (including phenoxy) is 1. The van der Waals surface area contributed by atoms with Crippen LogP contribution in [-0.4, -0.2) is 54.7 Å². The van der Waals surface area contributed by atoms with Crippen LogP contribution in [0.15, 0.2) is 48.5 Å². The number of H-pyrrole nitrogens is 1. The average Bonchev–Trinajstić information content (AvgIpc) is 3.23. The Morgan fingerprint density at radius 3 is 2.65 bits per heavy atom. The Kier molecular flexibility index (Phi) is 6.72. The molecule has 2 aromatic carbocycles. The minimum absolute atomic E-state index is 0.155. The van der Waals surface area contributed by atoms with Gasteiger partial charge in [-0.15, -0.1) is 0 Å². The third-order valence-corrected chi connectivity index (χ3v) is 6.03. The molecule has 0 unspecified atom stereocenters. The summed E-state index contributed by atoms with van der Waals surface area (Å²) < 4.78 is 5.26. The maximum atomic E-state index is 12.7. The summed E-state index contributed by atoms with van der Waals surface area (Å²) in [7, 11) is 3.80. The molecule has 1 atom stereocenters. The molecule has 164 valence electrons. The van der Waals surface area contributed by atoms with E-state index in [1.165, 1.54) is 0 Å². The molecule has 1 aromatic heterocycles. The molecule has 1 saturated heterocycles. The maximum absolute atomic E-state index is 12.7. The summed E-state index contributed by atoms with van der Waals surface area (Å²) in [6.07, 6.45) is 2.87. The first-order chi connectivity index (χ1) is 15.1. The number of aromatic amines is 1. The number of carbonyl (C=O) groups excluding carboxylic acids is 1. The van der Waals surface area contributed by atoms with Crippen molar-refractivity contribution in [2.45, 2.75) is 25.3 Å². The zero-order chi connectivity index (χ0) is 21.6. The fourth-order valence-electron chi connectivity index (χ4n) is 4.06. The van der Waals surface area contributed by atoms with Crippen molar-refractivity contribution in [2.75, 3.05) is 33.8 Å². The van der Waals surface area contributed by atoms with Gasteiger partial charge in [0.15, 0.2) is 0 Å². The number of imidazole rings is 1. The number of hydrogen-bond acceptors (Lipinski definition) is 4. The number of methoxy groups -OCH3 is 1. The average molecular weight is 422 g/mol. The van der Waals surface area contributed by atoms with Crippen molar-refractivity contribution < 1.29 is 9.53 Å². The van der Waals surface area contributed by atoms with Gasteiger partial charge in [-0.3, -0.25) is 0 Å². The van der Waals surface area contributed by atoms with Crippen LogP contribution in [0.4, 0.5) is 4.79 Å². The summed E-state index contributed by atoms with van der Waals surface area (Å²) in [4.78, 5) is 23.2. The number of piperidine rings is 1. The number of benzene rings is 2. The Bertz CT molecular complexity index is 960. The monoisotopic (exact) mass is 421 g/mol. The highest BCUT2D eigenvalue weighted by Gasteiger charge is 2.21. The van der Waals surface area contributed by atoms with E-state index in [0.717, 1.165) is 54.1 Å². The van der Waals surface area contributed by atoms with Gasteiger partial charge < -0.3 is 25.3 Å². The van der Waals surface area contributed by atoms with Gasteiger partial charge in [-0.25, -0.2) is 9.78 Å². The Morgan fingerprint density at radius 1 is 1.19 bits per heavy atom. The number of rotatable bonds is 7. The second-order valence-electron chi connectivity index (χ2n) is 8.34. The molecule has 0 aliphatic carbocycles. The number of hydrogen-bond donors (Lipinski definition) is 3. The summed E-state index contributed by atoms with van der Waals surface area (Å²) in [5, 5.41) is 6.21. The lowest BCUT2D eigenvalue weighted by atomic mass is 9.97. The van der Waals surface area contributed by atoms with Crippen LogP contribution in [-0.2, 0) is 6.42 Å². The van der Waals surface area contributed by atoms with Crippen LogP contribution in [0.3, 0.4) is 0 Å². The van der Waals surface area contributed by atoms with Crippen molar-refractivity contribution >= 4 is 17.1 Å². The third kappa shape index (κ3) is 5.55. The number of likely N-dealkylation sites (tertiary alicyclic amines) is 1. The zero-order valence-electron chi connectivity index (χ0n) is 18.2. The summed E-state index contributed by atoms with van der Waals surface area (Å²) in [5.74, 6) is 2.10. The highest BCUT2D eigenvalue weighted by atomic mass is 16.5. The molecular weight excluding hydrogens is 390 g/mol. The van der Waals surface area contributed by atoms with E-state index in [2.05, 4.69) is 27.6 Å². The lowest BCUT2D eigenvalue weighted by molar-refractivity contribution is 0.208. The molecule has 31 heavy (non-hydrogen) atoms. The predicted octanol–water partition coefficient (Wildman–Crippen LogP) is 3.50. The second-order valence-corrected chi connectivity index (χ2v) is 8.34. The fraction of sp³-hybridized carbons (Fsp3) is 0.417. The number of nitrogens with one attached hydrogen (secondary N) is 3. The first kappa shape index (κ1) is 21.2. The highest BCUT2D eigenvalue weighted by Crippen LogP contribution is 2.21. The Hall–Kier alpha value is -3.06. The molecule has 1 aliphatic heterocycles. The van der Waals surface area contributed by atoms with Gasteiger partial charge in [0.25, 0.3) is 0 Å². The lowest BCUT2D eigenvalue weighted by Gasteiger charge is -2.29. The van der Waals surface area contributed by atoms with Gasteiger partial charge in [0.05, 0.1) is 24.2 Å². The molecular formula is C24H31N5O2. The van der Waals surface area contributed by atoms with E-state index in [1.54, 1.807) is 7.11 Å². The van der Waals surface area contributed by atoms with Crippen LogP contribution in [0.2, 0.25) is 0 Å². The van der Waals surface area contributed by atoms with Gasteiger partial charge in [0, 0.05) is 6.54 Å². The molecule has 0 saturated carbocycles. The number of para-hydroxylation sites is 2. The topological polar surface area (TPSA) is 82.3 Å². The van der Waals surface area contributed by atoms with Gasteiger partial charge in [0.2, 0.25) is 0 Å². The van der Waals surface area contributed by atoms with E-state index in [0.29, 0.717) is 18.9 Å². The van der Waals surface area contributed by atoms with Crippen LogP contribution < -0.4 is 15.4 Å². The SMILES string of the molecule is COc1ccc(C[C@@H](NC(=O)NCC2CCN(C)CC2)c2nc3ccccc3[nH]2)cc1. The molecule has 0 radical (unpaired) electrons. The van der Waals surface area contributed by atoms with E-state index in [-0.39, 0.29) is 12.1 Å². The van der Waals surface area contributed by atoms with E-state index in [1.807, 2.05) is 48.5 Å². The van der Waals surface area contributed by atoms with E-state index in [9.17, 15) is 4.79 Å². The minimum Gasteiger partial charge on any atom is -0.497 e. The summed E-state index contributed by atoms with van der Waals surface area (Å²) in [6.45, 7) is 2.88. The number of aromatic nitrogens is 2. The predicted molar refractivity (Wildman–Crippen MR) is 122 cm³/mol. The van der Waals surface area contributed by atoms with Crippen molar-refractivity contribution in [3.05, 3.63) is 59.9 Å². The summed E-state index contributed by atoms with van der Waals surface area (Å²) in [6, 6.07) is 15.4. The zero-order valence-corrected chi connectivity index (χ0v) is 18.2. The van der Waals surface area contributed by atoms with Crippen molar-refractivity contribution in [1.29, 1.82) is 0 Å². The van der Waals surface area contributed by atoms with Gasteiger partial charge in [-0.1, -0.05) is 24.3 Å². The maximum Gasteiger partial charge on any atom is 0.315 e. The van der Waals surface area contributed by atoms with Gasteiger partial charge in [0.1, 0.15) is 11.6 Å². The van der Waals surface area contributed by atoms with Gasteiger partial charge in [-0.2, -0.15) is 0 Å². The Morgan fingerprint density at radius 2 is 1.94 bits per heavy atom. The first-order valence-corrected chi connectivity index (χ1v) is 10.9. The van der Waals surface area contributed by atoms with E-state index < -0.39 is 0 Å². The molecule has 3 N–H and O–H groups in total. The summed E-state index contributed by atoms with van der Waals surface area (Å²) in [5.41, 5.74) is 2.96. The largest absolute Gasteiger partial charge is 0.497 e. The Labute approximate surface area is 183 Å². The normalized spacial score (nSPS) is 16.2. The smallest absolute Gasteiger partial charge is 0.315 e. The van der Waals surface area contributed by atoms with Crippen molar-refractivity contribution in [1.82, 2.24) is 25.5 Å². The van der Waals surface area contributed by atoms with Gasteiger partial charge in [-0.05, 0) is 75.1 Å². The molecule has 2 amide bonds. The molecule has 4 rings (SSSR count). The van der Waals surface area contributed by atoms with E-state index in [4.69, 9.17) is 9.72 Å². The van der Waals surface area contributed by atoms with E-state index >= 15 is 0 Å². The minimum atomic E-state index is -0.265. The van der Waals surface area contributed by atoms with Crippen LogP contribution >= 0.6 is 0 Å². The molecule has 7 nitrogen and oxygen atoms in total. The van der Waals surface area contributed by atoms with Crippen molar-refractivity contribution in [2.24, 2.45) is 5.92 Å². The molecule has 1 aliphatic rings. The molecule has 7 heteroatoms. The number of fused-ring (bicyclic) bond motifs is 1. The molecule has 0 spiro atoms. The van der Waals surface area contributed by atoms with Crippen LogP contribution in [0.1, 0.15) is 30.3 Å². The number of nitrogens with zero attached hydrogens (tertiary/aromatic N) is 2. The second kappa shape index (κ2) is 9.83. The first-order valence-electron chi connectivity index (χ1n) is 10.9. The molecule has 2 heterocycles. The fourth-order valence-corrected chi connectivity index (χ4v) is 4.06. The van der Waals surface area contributed by atoms with Crippen LogP contribution in [0.25, 0.3) is 11.0 Å². The van der Waals surface area contributed by atoms with Crippen molar-refractivity contribution in [3.63, 3.8) is 0 Å². The number of urea groups is 1. The molecule has 3 aromatic rings. The van der Waals surface area contributed by atoms with Crippen LogP contribution in [0, 0.1) is 5.92 Å². The third-order valence-electron chi connectivity index (χ3n) is 6.03. The number of carbonyl (C=O) groups is 1. The highest BCUT2D eigenvalue weighted by molar-refractivity contribution is 5.76. The number of amides is 2. The van der Waals surface area contributed by atoms with Crippen LogP contribution in [0.5, 0.6) is 5.75 Å². The van der Waals surface area contributed by atoms with Crippen molar-refractivity contribution in [3.8, 4) is 5.75 Å². The van der Waals surface area contributed by atoms with Gasteiger partial charge >= 0.3 is 6.03 Å². The lowest BCUT2D eigenvalue weighted by Crippen LogP contribution is -2.43.